The van der Waals surface area contributed by atoms with Crippen LogP contribution in [0.25, 0.3) is 0 Å². The zero-order chi connectivity index (χ0) is 14.3. The SMILES string of the molecule is CCOCCCNC(=O)c1ccc(C(C)(C)C)cc1. The molecule has 0 saturated heterocycles. The third kappa shape index (κ3) is 5.43. The van der Waals surface area contributed by atoms with E-state index in [2.05, 4.69) is 26.1 Å². The summed E-state index contributed by atoms with van der Waals surface area (Å²) in [5.74, 6) is -0.0167. The first-order valence-electron chi connectivity index (χ1n) is 6.91. The highest BCUT2D eigenvalue weighted by atomic mass is 16.5. The maximum Gasteiger partial charge on any atom is 0.251 e. The van der Waals surface area contributed by atoms with Crippen molar-refractivity contribution in [3.05, 3.63) is 35.4 Å². The van der Waals surface area contributed by atoms with Gasteiger partial charge in [-0.15, -0.1) is 0 Å². The molecule has 0 radical (unpaired) electrons. The van der Waals surface area contributed by atoms with Crippen LogP contribution in [0.15, 0.2) is 24.3 Å². The molecule has 1 N–H and O–H groups in total. The summed E-state index contributed by atoms with van der Waals surface area (Å²) in [6, 6.07) is 7.82. The first-order chi connectivity index (χ1) is 8.95. The molecule has 0 aliphatic rings. The summed E-state index contributed by atoms with van der Waals surface area (Å²) in [6.45, 7) is 10.5. The Balaban J connectivity index is 2.45. The molecule has 0 aliphatic heterocycles. The number of rotatable bonds is 6. The molecule has 0 atom stereocenters. The lowest BCUT2D eigenvalue weighted by Gasteiger charge is -2.19. The minimum absolute atomic E-state index is 0.0167. The van der Waals surface area contributed by atoms with Crippen LogP contribution >= 0.6 is 0 Å². The standard InChI is InChI=1S/C16H25NO2/c1-5-19-12-6-11-17-15(18)13-7-9-14(10-8-13)16(2,3)4/h7-10H,5-6,11-12H2,1-4H3,(H,17,18). The van der Waals surface area contributed by atoms with Gasteiger partial charge in [-0.3, -0.25) is 4.79 Å². The molecule has 0 aliphatic carbocycles. The molecule has 19 heavy (non-hydrogen) atoms. The average molecular weight is 263 g/mol. The monoisotopic (exact) mass is 263 g/mol. The second kappa shape index (κ2) is 7.29. The smallest absolute Gasteiger partial charge is 0.251 e. The van der Waals surface area contributed by atoms with Crippen molar-refractivity contribution >= 4 is 5.91 Å². The first kappa shape index (κ1) is 15.7. The third-order valence-electron chi connectivity index (χ3n) is 2.97. The molecular formula is C16H25NO2. The third-order valence-corrected chi connectivity index (χ3v) is 2.97. The van der Waals surface area contributed by atoms with E-state index in [0.29, 0.717) is 18.7 Å². The molecule has 0 aromatic heterocycles. The number of nitrogens with one attached hydrogen (secondary N) is 1. The van der Waals surface area contributed by atoms with Gasteiger partial charge < -0.3 is 10.1 Å². The zero-order valence-corrected chi connectivity index (χ0v) is 12.5. The van der Waals surface area contributed by atoms with Gasteiger partial charge in [0.05, 0.1) is 0 Å². The molecule has 0 spiro atoms. The lowest BCUT2D eigenvalue weighted by Crippen LogP contribution is -2.25. The van der Waals surface area contributed by atoms with Crippen molar-refractivity contribution in [2.75, 3.05) is 19.8 Å². The Bertz CT molecular complexity index is 390. The van der Waals surface area contributed by atoms with Gasteiger partial charge in [-0.25, -0.2) is 0 Å². The maximum absolute atomic E-state index is 11.9. The van der Waals surface area contributed by atoms with E-state index in [1.807, 2.05) is 31.2 Å². The van der Waals surface area contributed by atoms with Crippen LogP contribution in [0.5, 0.6) is 0 Å². The number of amides is 1. The number of hydrogen-bond acceptors (Lipinski definition) is 2. The van der Waals surface area contributed by atoms with Crippen LogP contribution in [-0.2, 0) is 10.2 Å². The maximum atomic E-state index is 11.9. The van der Waals surface area contributed by atoms with Gasteiger partial charge in [0.15, 0.2) is 0 Å². The molecule has 3 heteroatoms. The first-order valence-corrected chi connectivity index (χ1v) is 6.91. The van der Waals surface area contributed by atoms with Crippen LogP contribution in [0.1, 0.15) is 50.0 Å². The van der Waals surface area contributed by atoms with E-state index < -0.39 is 0 Å². The van der Waals surface area contributed by atoms with Gasteiger partial charge in [0, 0.05) is 25.3 Å². The Kier molecular flexibility index (Phi) is 6.03. The summed E-state index contributed by atoms with van der Waals surface area (Å²) in [7, 11) is 0. The lowest BCUT2D eigenvalue weighted by atomic mass is 9.87. The Labute approximate surface area is 116 Å². The highest BCUT2D eigenvalue weighted by Crippen LogP contribution is 2.22. The van der Waals surface area contributed by atoms with E-state index in [1.54, 1.807) is 0 Å². The summed E-state index contributed by atoms with van der Waals surface area (Å²) >= 11 is 0. The van der Waals surface area contributed by atoms with Gasteiger partial charge in [-0.1, -0.05) is 32.9 Å². The Morgan fingerprint density at radius 3 is 2.37 bits per heavy atom. The van der Waals surface area contributed by atoms with Crippen molar-refractivity contribution in [3.63, 3.8) is 0 Å². The van der Waals surface area contributed by atoms with E-state index in [4.69, 9.17) is 4.74 Å². The molecular weight excluding hydrogens is 238 g/mol. The summed E-state index contributed by atoms with van der Waals surface area (Å²) < 4.78 is 5.22. The molecule has 1 rings (SSSR count). The fraction of sp³-hybridized carbons (Fsp3) is 0.562. The van der Waals surface area contributed by atoms with Gasteiger partial charge in [-0.2, -0.15) is 0 Å². The highest BCUT2D eigenvalue weighted by molar-refractivity contribution is 5.94. The van der Waals surface area contributed by atoms with Gasteiger partial charge >= 0.3 is 0 Å². The lowest BCUT2D eigenvalue weighted by molar-refractivity contribution is 0.0944. The Hall–Kier alpha value is -1.35. The minimum atomic E-state index is -0.0167. The number of hydrogen-bond donors (Lipinski definition) is 1. The van der Waals surface area contributed by atoms with Crippen LogP contribution in [0.3, 0.4) is 0 Å². The van der Waals surface area contributed by atoms with E-state index in [-0.39, 0.29) is 11.3 Å². The highest BCUT2D eigenvalue weighted by Gasteiger charge is 2.14. The quantitative estimate of drug-likeness (QED) is 0.801. The fourth-order valence-electron chi connectivity index (χ4n) is 1.74. The molecule has 106 valence electrons. The predicted octanol–water partition coefficient (Wildman–Crippen LogP) is 3.14. The second-order valence-electron chi connectivity index (χ2n) is 5.63. The average Bonchev–Trinajstić information content (AvgIpc) is 2.37. The number of ether oxygens (including phenoxy) is 1. The van der Waals surface area contributed by atoms with Gasteiger partial charge in [0.25, 0.3) is 5.91 Å². The van der Waals surface area contributed by atoms with Crippen molar-refractivity contribution in [3.8, 4) is 0 Å². The van der Waals surface area contributed by atoms with Crippen molar-refractivity contribution in [2.24, 2.45) is 0 Å². The molecule has 0 heterocycles. The number of carbonyl (C=O) groups excluding carboxylic acids is 1. The van der Waals surface area contributed by atoms with Gasteiger partial charge in [0.1, 0.15) is 0 Å². The largest absolute Gasteiger partial charge is 0.382 e. The van der Waals surface area contributed by atoms with Crippen molar-refractivity contribution in [2.45, 2.75) is 39.5 Å². The van der Waals surface area contributed by atoms with Crippen LogP contribution in [0.2, 0.25) is 0 Å². The van der Waals surface area contributed by atoms with Crippen molar-refractivity contribution in [1.29, 1.82) is 0 Å². The van der Waals surface area contributed by atoms with E-state index in [9.17, 15) is 4.79 Å². The summed E-state index contributed by atoms with van der Waals surface area (Å²) in [6.07, 6.45) is 0.847. The van der Waals surface area contributed by atoms with E-state index >= 15 is 0 Å². The minimum Gasteiger partial charge on any atom is -0.382 e. The normalized spacial score (nSPS) is 11.4. The van der Waals surface area contributed by atoms with Crippen LogP contribution in [-0.4, -0.2) is 25.7 Å². The number of carbonyl (C=O) groups is 1. The molecule has 0 saturated carbocycles. The second-order valence-corrected chi connectivity index (χ2v) is 5.63. The van der Waals surface area contributed by atoms with Crippen LogP contribution in [0, 0.1) is 0 Å². The van der Waals surface area contributed by atoms with E-state index in [1.165, 1.54) is 5.56 Å². The zero-order valence-electron chi connectivity index (χ0n) is 12.5. The Morgan fingerprint density at radius 2 is 1.84 bits per heavy atom. The van der Waals surface area contributed by atoms with Crippen LogP contribution < -0.4 is 5.32 Å². The molecule has 0 unspecified atom stereocenters. The number of benzene rings is 1. The molecule has 1 aromatic carbocycles. The Morgan fingerprint density at radius 1 is 1.21 bits per heavy atom. The van der Waals surface area contributed by atoms with Crippen LogP contribution in [0.4, 0.5) is 0 Å². The topological polar surface area (TPSA) is 38.3 Å². The van der Waals surface area contributed by atoms with Crippen molar-refractivity contribution < 1.29 is 9.53 Å². The fourth-order valence-corrected chi connectivity index (χ4v) is 1.74. The van der Waals surface area contributed by atoms with Gasteiger partial charge in [-0.05, 0) is 36.5 Å². The van der Waals surface area contributed by atoms with E-state index in [0.717, 1.165) is 13.0 Å². The molecule has 1 amide bonds. The predicted molar refractivity (Wildman–Crippen MR) is 78.6 cm³/mol. The summed E-state index contributed by atoms with van der Waals surface area (Å²) in [5.41, 5.74) is 2.07. The summed E-state index contributed by atoms with van der Waals surface area (Å²) in [4.78, 5) is 11.9. The van der Waals surface area contributed by atoms with Crippen molar-refractivity contribution in [1.82, 2.24) is 5.32 Å². The molecule has 1 aromatic rings. The molecule has 0 fully saturated rings. The molecule has 3 nitrogen and oxygen atoms in total. The summed E-state index contributed by atoms with van der Waals surface area (Å²) in [5, 5.41) is 2.90. The molecule has 0 bridgehead atoms. The van der Waals surface area contributed by atoms with Gasteiger partial charge in [0.2, 0.25) is 0 Å².